The first-order valence-corrected chi connectivity index (χ1v) is 4.41. The van der Waals surface area contributed by atoms with Gasteiger partial charge in [-0.25, -0.2) is 4.98 Å². The lowest BCUT2D eigenvalue weighted by Crippen LogP contribution is -2.18. The maximum absolute atomic E-state index is 5.26. The summed E-state index contributed by atoms with van der Waals surface area (Å²) in [4.78, 5) is 4.20. The molecule has 1 aromatic rings. The summed E-state index contributed by atoms with van der Waals surface area (Å²) in [7, 11) is 3.65. The Morgan fingerprint density at radius 1 is 1.69 bits per heavy atom. The van der Waals surface area contributed by atoms with Crippen LogP contribution in [0, 0.1) is 0 Å². The van der Waals surface area contributed by atoms with Crippen LogP contribution in [0.1, 0.15) is 18.3 Å². The fourth-order valence-corrected chi connectivity index (χ4v) is 1.70. The Kier molecular flexibility index (Phi) is 2.28. The molecule has 0 spiro atoms. The van der Waals surface area contributed by atoms with Gasteiger partial charge in [0.05, 0.1) is 12.1 Å². The molecule has 1 fully saturated rings. The van der Waals surface area contributed by atoms with Crippen LogP contribution in [0.2, 0.25) is 0 Å². The SMILES string of the molecule is COC1CNC(c2ncnn2C)C1. The Hall–Kier alpha value is -0.940. The summed E-state index contributed by atoms with van der Waals surface area (Å²) in [5, 5.41) is 7.39. The van der Waals surface area contributed by atoms with Crippen LogP contribution >= 0.6 is 0 Å². The van der Waals surface area contributed by atoms with Gasteiger partial charge in [0.1, 0.15) is 12.2 Å². The second-order valence-electron chi connectivity index (χ2n) is 3.30. The molecule has 2 rings (SSSR count). The molecule has 1 aliphatic rings. The van der Waals surface area contributed by atoms with Crippen molar-refractivity contribution in [3.8, 4) is 0 Å². The first-order valence-electron chi connectivity index (χ1n) is 4.41. The lowest BCUT2D eigenvalue weighted by atomic mass is 10.2. The molecule has 0 saturated carbocycles. The van der Waals surface area contributed by atoms with Crippen molar-refractivity contribution < 1.29 is 4.74 Å². The molecule has 0 aromatic carbocycles. The van der Waals surface area contributed by atoms with Gasteiger partial charge in [0.2, 0.25) is 0 Å². The van der Waals surface area contributed by atoms with Gasteiger partial charge < -0.3 is 10.1 Å². The summed E-state index contributed by atoms with van der Waals surface area (Å²) in [5.41, 5.74) is 0. The minimum atomic E-state index is 0.289. The smallest absolute Gasteiger partial charge is 0.143 e. The number of nitrogens with zero attached hydrogens (tertiary/aromatic N) is 3. The molecule has 1 saturated heterocycles. The third-order valence-electron chi connectivity index (χ3n) is 2.48. The van der Waals surface area contributed by atoms with Crippen LogP contribution in [0.3, 0.4) is 0 Å². The van der Waals surface area contributed by atoms with E-state index in [9.17, 15) is 0 Å². The first-order chi connectivity index (χ1) is 6.31. The van der Waals surface area contributed by atoms with E-state index in [1.54, 1.807) is 18.1 Å². The van der Waals surface area contributed by atoms with E-state index in [0.29, 0.717) is 6.10 Å². The van der Waals surface area contributed by atoms with Crippen LogP contribution in [0.5, 0.6) is 0 Å². The Balaban J connectivity index is 2.08. The molecule has 2 heterocycles. The summed E-state index contributed by atoms with van der Waals surface area (Å²) in [6, 6.07) is 0.289. The molecule has 1 aliphatic heterocycles. The zero-order chi connectivity index (χ0) is 9.26. The number of aryl methyl sites for hydroxylation is 1. The van der Waals surface area contributed by atoms with Gasteiger partial charge in [-0.1, -0.05) is 0 Å². The highest BCUT2D eigenvalue weighted by Gasteiger charge is 2.27. The zero-order valence-corrected chi connectivity index (χ0v) is 7.90. The van der Waals surface area contributed by atoms with E-state index >= 15 is 0 Å². The quantitative estimate of drug-likeness (QED) is 0.692. The van der Waals surface area contributed by atoms with Crippen molar-refractivity contribution in [2.75, 3.05) is 13.7 Å². The summed E-state index contributed by atoms with van der Waals surface area (Å²) >= 11 is 0. The van der Waals surface area contributed by atoms with Crippen LogP contribution in [0.4, 0.5) is 0 Å². The molecule has 2 unspecified atom stereocenters. The third-order valence-corrected chi connectivity index (χ3v) is 2.48. The Morgan fingerprint density at radius 3 is 3.08 bits per heavy atom. The number of methoxy groups -OCH3 is 1. The Morgan fingerprint density at radius 2 is 2.54 bits per heavy atom. The largest absolute Gasteiger partial charge is 0.380 e. The molecule has 0 aliphatic carbocycles. The second kappa shape index (κ2) is 3.43. The second-order valence-corrected chi connectivity index (χ2v) is 3.30. The van der Waals surface area contributed by atoms with Gasteiger partial charge in [-0.15, -0.1) is 0 Å². The highest BCUT2D eigenvalue weighted by Crippen LogP contribution is 2.21. The minimum Gasteiger partial charge on any atom is -0.380 e. The van der Waals surface area contributed by atoms with Crippen LogP contribution in [-0.2, 0) is 11.8 Å². The van der Waals surface area contributed by atoms with E-state index in [1.165, 1.54) is 0 Å². The Bertz CT molecular complexity index is 285. The van der Waals surface area contributed by atoms with Crippen LogP contribution < -0.4 is 5.32 Å². The molecule has 1 aromatic heterocycles. The fourth-order valence-electron chi connectivity index (χ4n) is 1.70. The molecule has 5 nitrogen and oxygen atoms in total. The zero-order valence-electron chi connectivity index (χ0n) is 7.90. The standard InChI is InChI=1S/C8H14N4O/c1-12-8(10-5-11-12)7-3-6(13-2)4-9-7/h5-7,9H,3-4H2,1-2H3. The summed E-state index contributed by atoms with van der Waals surface area (Å²) in [5.74, 6) is 0.986. The number of hydrogen-bond donors (Lipinski definition) is 1. The average Bonchev–Trinajstić information content (AvgIpc) is 2.71. The molecule has 0 amide bonds. The topological polar surface area (TPSA) is 52.0 Å². The van der Waals surface area contributed by atoms with Gasteiger partial charge in [0.15, 0.2) is 0 Å². The van der Waals surface area contributed by atoms with Gasteiger partial charge in [-0.2, -0.15) is 5.10 Å². The van der Waals surface area contributed by atoms with Gasteiger partial charge >= 0.3 is 0 Å². The highest BCUT2D eigenvalue weighted by atomic mass is 16.5. The fraction of sp³-hybridized carbons (Fsp3) is 0.750. The van der Waals surface area contributed by atoms with E-state index in [4.69, 9.17) is 4.74 Å². The van der Waals surface area contributed by atoms with Gasteiger partial charge in [-0.3, -0.25) is 4.68 Å². The van der Waals surface area contributed by atoms with Crippen molar-refractivity contribution in [1.29, 1.82) is 0 Å². The third kappa shape index (κ3) is 1.57. The summed E-state index contributed by atoms with van der Waals surface area (Å²) < 4.78 is 7.06. The number of nitrogens with one attached hydrogen (secondary N) is 1. The van der Waals surface area contributed by atoms with E-state index in [1.807, 2.05) is 7.05 Å². The van der Waals surface area contributed by atoms with Crippen molar-refractivity contribution in [3.05, 3.63) is 12.2 Å². The maximum atomic E-state index is 5.26. The molecular formula is C8H14N4O. The number of hydrogen-bond acceptors (Lipinski definition) is 4. The van der Waals surface area contributed by atoms with Crippen LogP contribution in [0.25, 0.3) is 0 Å². The van der Waals surface area contributed by atoms with Crippen molar-refractivity contribution in [3.63, 3.8) is 0 Å². The van der Waals surface area contributed by atoms with E-state index < -0.39 is 0 Å². The molecule has 5 heteroatoms. The van der Waals surface area contributed by atoms with Crippen molar-refractivity contribution in [2.45, 2.75) is 18.6 Å². The highest BCUT2D eigenvalue weighted by molar-refractivity contribution is 4.98. The number of rotatable bonds is 2. The molecular weight excluding hydrogens is 168 g/mol. The average molecular weight is 182 g/mol. The van der Waals surface area contributed by atoms with Gasteiger partial charge in [-0.05, 0) is 6.42 Å². The predicted molar refractivity (Wildman–Crippen MR) is 47.2 cm³/mol. The van der Waals surface area contributed by atoms with Crippen LogP contribution in [-0.4, -0.2) is 34.5 Å². The van der Waals surface area contributed by atoms with Crippen LogP contribution in [0.15, 0.2) is 6.33 Å². The minimum absolute atomic E-state index is 0.289. The molecule has 0 bridgehead atoms. The first kappa shape index (κ1) is 8.65. The molecule has 13 heavy (non-hydrogen) atoms. The maximum Gasteiger partial charge on any atom is 0.143 e. The van der Waals surface area contributed by atoms with Gasteiger partial charge in [0.25, 0.3) is 0 Å². The van der Waals surface area contributed by atoms with Crippen molar-refractivity contribution in [2.24, 2.45) is 7.05 Å². The summed E-state index contributed by atoms with van der Waals surface area (Å²) in [6.07, 6.45) is 2.86. The number of ether oxygens (including phenoxy) is 1. The molecule has 1 N–H and O–H groups in total. The lowest BCUT2D eigenvalue weighted by molar-refractivity contribution is 0.117. The predicted octanol–water partition coefficient (Wildman–Crippen LogP) is -0.136. The van der Waals surface area contributed by atoms with Crippen molar-refractivity contribution >= 4 is 0 Å². The number of aromatic nitrogens is 3. The molecule has 72 valence electrons. The monoisotopic (exact) mass is 182 g/mol. The summed E-state index contributed by atoms with van der Waals surface area (Å²) in [6.45, 7) is 0.897. The van der Waals surface area contributed by atoms with E-state index in [0.717, 1.165) is 18.8 Å². The lowest BCUT2D eigenvalue weighted by Gasteiger charge is -2.08. The van der Waals surface area contributed by atoms with Crippen molar-refractivity contribution in [1.82, 2.24) is 20.1 Å². The molecule has 2 atom stereocenters. The van der Waals surface area contributed by atoms with E-state index in [-0.39, 0.29) is 6.04 Å². The Labute approximate surface area is 77.1 Å². The van der Waals surface area contributed by atoms with Gasteiger partial charge in [0, 0.05) is 20.7 Å². The van der Waals surface area contributed by atoms with E-state index in [2.05, 4.69) is 15.4 Å². The normalized spacial score (nSPS) is 28.2. The molecule has 0 radical (unpaired) electrons.